The molecule has 0 aliphatic heterocycles. The maximum absolute atomic E-state index is 4.10. The monoisotopic (exact) mass is 187 g/mol. The second-order valence-corrected chi connectivity index (χ2v) is 3.18. The number of aromatic nitrogens is 1. The van der Waals surface area contributed by atoms with E-state index in [9.17, 15) is 0 Å². The Balaban J connectivity index is 0.000000461. The van der Waals surface area contributed by atoms with E-state index in [0.717, 1.165) is 0 Å². The molecule has 2 rings (SSSR count). The van der Waals surface area contributed by atoms with Crippen LogP contribution in [-0.2, 0) is 0 Å². The van der Waals surface area contributed by atoms with Gasteiger partial charge in [0.15, 0.2) is 0 Å². The van der Waals surface area contributed by atoms with E-state index < -0.39 is 0 Å². The third-order valence-electron chi connectivity index (χ3n) is 2.10. The number of benzene rings is 1. The first kappa shape index (κ1) is 10.7. The Kier molecular flexibility index (Phi) is 3.63. The smallest absolute Gasteiger partial charge is 0.0346 e. The van der Waals surface area contributed by atoms with Crippen molar-refractivity contribution in [2.45, 2.75) is 27.7 Å². The molecule has 0 atom stereocenters. The number of hydrogen-bond acceptors (Lipinski definition) is 1. The minimum Gasteiger partial charge on any atom is -0.264 e. The van der Waals surface area contributed by atoms with Gasteiger partial charge in [-0.2, -0.15) is 0 Å². The molecule has 1 nitrogen and oxygen atoms in total. The van der Waals surface area contributed by atoms with Crippen molar-refractivity contribution in [1.29, 1.82) is 0 Å². The van der Waals surface area contributed by atoms with E-state index in [1.807, 2.05) is 26.2 Å². The Morgan fingerprint density at radius 2 is 1.79 bits per heavy atom. The lowest BCUT2D eigenvalue weighted by Gasteiger charge is -2.02. The molecule has 1 heteroatoms. The SMILES string of the molecule is CC.Cc1cc(C)c2ccncc2c1. The highest BCUT2D eigenvalue weighted by atomic mass is 14.6. The highest BCUT2D eigenvalue weighted by Gasteiger charge is 1.96. The Morgan fingerprint density at radius 1 is 1.07 bits per heavy atom. The van der Waals surface area contributed by atoms with E-state index in [1.54, 1.807) is 0 Å². The van der Waals surface area contributed by atoms with E-state index in [2.05, 4.69) is 37.0 Å². The minimum absolute atomic E-state index is 1.23. The Bertz CT molecular complexity index is 419. The lowest BCUT2D eigenvalue weighted by atomic mass is 10.0. The Hall–Kier alpha value is -1.37. The predicted octanol–water partition coefficient (Wildman–Crippen LogP) is 3.88. The van der Waals surface area contributed by atoms with Crippen LogP contribution in [0.2, 0.25) is 0 Å². The normalized spacial score (nSPS) is 9.43. The van der Waals surface area contributed by atoms with Gasteiger partial charge in [-0.05, 0) is 36.9 Å². The average Bonchev–Trinajstić information content (AvgIpc) is 2.20. The van der Waals surface area contributed by atoms with E-state index in [-0.39, 0.29) is 0 Å². The molecule has 0 saturated carbocycles. The topological polar surface area (TPSA) is 12.9 Å². The fourth-order valence-electron chi connectivity index (χ4n) is 1.59. The van der Waals surface area contributed by atoms with E-state index in [1.165, 1.54) is 21.9 Å². The van der Waals surface area contributed by atoms with Gasteiger partial charge in [-0.1, -0.05) is 25.5 Å². The Labute approximate surface area is 85.8 Å². The van der Waals surface area contributed by atoms with Crippen LogP contribution in [0.4, 0.5) is 0 Å². The predicted molar refractivity (Wildman–Crippen MR) is 62.6 cm³/mol. The first-order chi connectivity index (χ1) is 6.77. The van der Waals surface area contributed by atoms with Gasteiger partial charge >= 0.3 is 0 Å². The fraction of sp³-hybridized carbons (Fsp3) is 0.308. The van der Waals surface area contributed by atoms with Crippen molar-refractivity contribution >= 4 is 10.8 Å². The van der Waals surface area contributed by atoms with Crippen LogP contribution in [0.15, 0.2) is 30.6 Å². The lowest BCUT2D eigenvalue weighted by molar-refractivity contribution is 1.34. The maximum atomic E-state index is 4.10. The molecule has 2 aromatic rings. The largest absolute Gasteiger partial charge is 0.264 e. The summed E-state index contributed by atoms with van der Waals surface area (Å²) in [4.78, 5) is 4.10. The van der Waals surface area contributed by atoms with Crippen molar-refractivity contribution < 1.29 is 0 Å². The minimum atomic E-state index is 1.23. The highest BCUT2D eigenvalue weighted by molar-refractivity contribution is 5.85. The number of hydrogen-bond donors (Lipinski definition) is 0. The van der Waals surface area contributed by atoms with Crippen molar-refractivity contribution in [2.75, 3.05) is 0 Å². The van der Waals surface area contributed by atoms with Crippen LogP contribution in [-0.4, -0.2) is 4.98 Å². The molecule has 0 radical (unpaired) electrons. The third-order valence-corrected chi connectivity index (χ3v) is 2.10. The number of pyridine rings is 1. The molecule has 0 spiro atoms. The summed E-state index contributed by atoms with van der Waals surface area (Å²) >= 11 is 0. The van der Waals surface area contributed by atoms with Crippen molar-refractivity contribution in [3.63, 3.8) is 0 Å². The number of fused-ring (bicyclic) bond motifs is 1. The molecule has 14 heavy (non-hydrogen) atoms. The van der Waals surface area contributed by atoms with Gasteiger partial charge < -0.3 is 0 Å². The summed E-state index contributed by atoms with van der Waals surface area (Å²) in [5.41, 5.74) is 2.63. The molecular formula is C13H17N. The summed E-state index contributed by atoms with van der Waals surface area (Å²) in [7, 11) is 0. The number of aryl methyl sites for hydroxylation is 2. The van der Waals surface area contributed by atoms with Gasteiger partial charge in [0.1, 0.15) is 0 Å². The van der Waals surface area contributed by atoms with E-state index in [4.69, 9.17) is 0 Å². The molecule has 0 saturated heterocycles. The molecule has 0 fully saturated rings. The summed E-state index contributed by atoms with van der Waals surface area (Å²) in [6.45, 7) is 8.24. The van der Waals surface area contributed by atoms with Crippen LogP contribution in [0.25, 0.3) is 10.8 Å². The summed E-state index contributed by atoms with van der Waals surface area (Å²) in [6, 6.07) is 6.42. The summed E-state index contributed by atoms with van der Waals surface area (Å²) in [5.74, 6) is 0. The molecule has 0 bridgehead atoms. The molecular weight excluding hydrogens is 170 g/mol. The maximum Gasteiger partial charge on any atom is 0.0346 e. The zero-order valence-corrected chi connectivity index (χ0v) is 9.33. The summed E-state index contributed by atoms with van der Waals surface area (Å²) in [6.07, 6.45) is 3.75. The quantitative estimate of drug-likeness (QED) is 0.610. The molecule has 1 aromatic carbocycles. The van der Waals surface area contributed by atoms with Crippen LogP contribution in [0, 0.1) is 13.8 Å². The van der Waals surface area contributed by atoms with Crippen molar-refractivity contribution in [1.82, 2.24) is 4.98 Å². The number of rotatable bonds is 0. The average molecular weight is 187 g/mol. The number of nitrogens with zero attached hydrogens (tertiary/aromatic N) is 1. The molecule has 0 amide bonds. The first-order valence-corrected chi connectivity index (χ1v) is 5.08. The van der Waals surface area contributed by atoms with Crippen molar-refractivity contribution in [2.24, 2.45) is 0 Å². The van der Waals surface area contributed by atoms with Gasteiger partial charge in [0, 0.05) is 17.8 Å². The standard InChI is InChI=1S/C11H11N.C2H6/c1-8-5-9(2)11-3-4-12-7-10(11)6-8;1-2/h3-7H,1-2H3;1-2H3. The van der Waals surface area contributed by atoms with Crippen LogP contribution in [0.3, 0.4) is 0 Å². The van der Waals surface area contributed by atoms with Gasteiger partial charge in [-0.25, -0.2) is 0 Å². The highest BCUT2D eigenvalue weighted by Crippen LogP contribution is 2.18. The molecule has 1 heterocycles. The zero-order chi connectivity index (χ0) is 10.6. The molecule has 0 unspecified atom stereocenters. The molecule has 0 aliphatic carbocycles. The van der Waals surface area contributed by atoms with Gasteiger partial charge in [0.2, 0.25) is 0 Å². The lowest BCUT2D eigenvalue weighted by Crippen LogP contribution is -1.81. The van der Waals surface area contributed by atoms with E-state index in [0.29, 0.717) is 0 Å². The second kappa shape index (κ2) is 4.75. The van der Waals surface area contributed by atoms with Gasteiger partial charge in [-0.15, -0.1) is 0 Å². The van der Waals surface area contributed by atoms with Crippen LogP contribution < -0.4 is 0 Å². The second-order valence-electron chi connectivity index (χ2n) is 3.18. The fourth-order valence-corrected chi connectivity index (χ4v) is 1.59. The molecule has 1 aromatic heterocycles. The third kappa shape index (κ3) is 2.11. The molecule has 74 valence electrons. The van der Waals surface area contributed by atoms with Gasteiger partial charge in [-0.3, -0.25) is 4.98 Å². The van der Waals surface area contributed by atoms with Crippen LogP contribution >= 0.6 is 0 Å². The summed E-state index contributed by atoms with van der Waals surface area (Å²) in [5, 5.41) is 2.53. The first-order valence-electron chi connectivity index (χ1n) is 5.08. The van der Waals surface area contributed by atoms with Crippen LogP contribution in [0.1, 0.15) is 25.0 Å². The van der Waals surface area contributed by atoms with Gasteiger partial charge in [0.25, 0.3) is 0 Å². The van der Waals surface area contributed by atoms with Gasteiger partial charge in [0.05, 0.1) is 0 Å². The molecule has 0 aliphatic rings. The zero-order valence-electron chi connectivity index (χ0n) is 9.33. The summed E-state index contributed by atoms with van der Waals surface area (Å²) < 4.78 is 0. The van der Waals surface area contributed by atoms with E-state index >= 15 is 0 Å². The molecule has 0 N–H and O–H groups in total. The van der Waals surface area contributed by atoms with Crippen molar-refractivity contribution in [3.8, 4) is 0 Å². The van der Waals surface area contributed by atoms with Crippen molar-refractivity contribution in [3.05, 3.63) is 41.7 Å². The van der Waals surface area contributed by atoms with Crippen LogP contribution in [0.5, 0.6) is 0 Å². The Morgan fingerprint density at radius 3 is 2.50 bits per heavy atom.